The molecule has 0 atom stereocenters. The smallest absolute Gasteiger partial charge is 0.251 e. The average Bonchev–Trinajstić information content (AvgIpc) is 2.81. The van der Waals surface area contributed by atoms with Crippen LogP contribution >= 0.6 is 0 Å². The molecule has 0 aliphatic carbocycles. The molecule has 0 fully saturated rings. The summed E-state index contributed by atoms with van der Waals surface area (Å²) in [5.41, 5.74) is 4.42. The summed E-state index contributed by atoms with van der Waals surface area (Å²) >= 11 is 0. The largest absolute Gasteiger partial charge is 0.352 e. The molecule has 3 aromatic carbocycles. The third-order valence-corrected chi connectivity index (χ3v) is 4.66. The number of rotatable bonds is 7. The van der Waals surface area contributed by atoms with Gasteiger partial charge in [0.25, 0.3) is 5.91 Å². The Morgan fingerprint density at radius 2 is 1.57 bits per heavy atom. The second-order valence-electron chi connectivity index (χ2n) is 6.85. The number of benzene rings is 3. The summed E-state index contributed by atoms with van der Waals surface area (Å²) in [5.74, 6) is 0.524. The third-order valence-electron chi connectivity index (χ3n) is 4.66. The minimum absolute atomic E-state index is 0.0971. The van der Waals surface area contributed by atoms with E-state index in [2.05, 4.69) is 32.7 Å². The van der Waals surface area contributed by atoms with Crippen LogP contribution in [0.2, 0.25) is 0 Å². The second-order valence-corrected chi connectivity index (χ2v) is 6.85. The van der Waals surface area contributed by atoms with Gasteiger partial charge in [0.2, 0.25) is 0 Å². The molecule has 0 saturated carbocycles. The van der Waals surface area contributed by atoms with Crippen molar-refractivity contribution in [1.82, 2.24) is 15.3 Å². The highest BCUT2D eigenvalue weighted by Gasteiger charge is 2.07. The lowest BCUT2D eigenvalue weighted by Crippen LogP contribution is -2.25. The number of carbonyl (C=O) groups excluding carboxylic acids is 1. The number of hydrogen-bond acceptors (Lipinski definition) is 4. The first-order valence-electron chi connectivity index (χ1n) is 9.84. The van der Waals surface area contributed by atoms with Crippen LogP contribution in [0.1, 0.15) is 15.9 Å². The summed E-state index contributed by atoms with van der Waals surface area (Å²) < 4.78 is 0. The Kier molecular flexibility index (Phi) is 6.11. The zero-order chi connectivity index (χ0) is 20.6. The number of nitrogens with zero attached hydrogens (tertiary/aromatic N) is 2. The molecule has 4 rings (SSSR count). The van der Waals surface area contributed by atoms with Crippen molar-refractivity contribution in [2.75, 3.05) is 11.9 Å². The molecule has 0 bridgehead atoms. The van der Waals surface area contributed by atoms with E-state index in [0.29, 0.717) is 17.9 Å². The van der Waals surface area contributed by atoms with Crippen LogP contribution in [-0.4, -0.2) is 22.4 Å². The quantitative estimate of drug-likeness (QED) is 0.470. The van der Waals surface area contributed by atoms with Gasteiger partial charge in [-0.15, -0.1) is 0 Å². The van der Waals surface area contributed by atoms with E-state index in [1.54, 1.807) is 18.5 Å². The molecule has 0 unspecified atom stereocenters. The van der Waals surface area contributed by atoms with Gasteiger partial charge in [-0.05, 0) is 30.2 Å². The highest BCUT2D eigenvalue weighted by molar-refractivity contribution is 5.95. The molecule has 0 aliphatic rings. The predicted octanol–water partition coefficient (Wildman–Crippen LogP) is 4.86. The Hall–Kier alpha value is -3.99. The first-order chi connectivity index (χ1) is 14.8. The maximum atomic E-state index is 12.5. The Balaban J connectivity index is 1.36. The van der Waals surface area contributed by atoms with Crippen LogP contribution in [0.3, 0.4) is 0 Å². The fraction of sp³-hybridized carbons (Fsp3) is 0.0800. The van der Waals surface area contributed by atoms with Crippen molar-refractivity contribution >= 4 is 17.4 Å². The van der Waals surface area contributed by atoms with Crippen LogP contribution < -0.4 is 10.6 Å². The summed E-state index contributed by atoms with van der Waals surface area (Å²) in [6, 6.07) is 27.4. The number of aromatic nitrogens is 2. The molecule has 5 nitrogen and oxygen atoms in total. The van der Waals surface area contributed by atoms with Crippen molar-refractivity contribution in [2.24, 2.45) is 0 Å². The second kappa shape index (κ2) is 9.47. The molecular formula is C25H22N4O. The van der Waals surface area contributed by atoms with Crippen LogP contribution in [0.25, 0.3) is 11.3 Å². The maximum Gasteiger partial charge on any atom is 0.251 e. The van der Waals surface area contributed by atoms with Gasteiger partial charge in [0.15, 0.2) is 0 Å². The van der Waals surface area contributed by atoms with E-state index in [-0.39, 0.29) is 5.91 Å². The average molecular weight is 394 g/mol. The molecule has 4 aromatic rings. The molecule has 1 heterocycles. The van der Waals surface area contributed by atoms with Gasteiger partial charge in [-0.25, -0.2) is 4.98 Å². The van der Waals surface area contributed by atoms with Crippen LogP contribution in [0, 0.1) is 0 Å². The van der Waals surface area contributed by atoms with Crippen molar-refractivity contribution in [3.8, 4) is 11.3 Å². The molecule has 2 N–H and O–H groups in total. The van der Waals surface area contributed by atoms with Crippen LogP contribution in [0.15, 0.2) is 97.3 Å². The minimum Gasteiger partial charge on any atom is -0.352 e. The summed E-state index contributed by atoms with van der Waals surface area (Å²) in [7, 11) is 0. The molecule has 30 heavy (non-hydrogen) atoms. The van der Waals surface area contributed by atoms with Crippen molar-refractivity contribution in [2.45, 2.75) is 6.42 Å². The molecular weight excluding hydrogens is 372 g/mol. The van der Waals surface area contributed by atoms with Gasteiger partial charge in [-0.1, -0.05) is 66.7 Å². The molecule has 0 radical (unpaired) electrons. The van der Waals surface area contributed by atoms with E-state index in [0.717, 1.165) is 23.4 Å². The van der Waals surface area contributed by atoms with E-state index >= 15 is 0 Å². The molecule has 148 valence electrons. The number of carbonyl (C=O) groups is 1. The molecule has 0 saturated heterocycles. The Morgan fingerprint density at radius 3 is 2.30 bits per heavy atom. The van der Waals surface area contributed by atoms with Gasteiger partial charge >= 0.3 is 0 Å². The van der Waals surface area contributed by atoms with Crippen molar-refractivity contribution < 1.29 is 4.79 Å². The predicted molar refractivity (Wildman–Crippen MR) is 120 cm³/mol. The first kappa shape index (κ1) is 19.3. The maximum absolute atomic E-state index is 12.5. The van der Waals surface area contributed by atoms with Crippen LogP contribution in [-0.2, 0) is 6.42 Å². The molecule has 1 aromatic heterocycles. The van der Waals surface area contributed by atoms with Gasteiger partial charge in [0.05, 0.1) is 18.1 Å². The summed E-state index contributed by atoms with van der Waals surface area (Å²) in [4.78, 5) is 21.4. The molecule has 1 amide bonds. The monoisotopic (exact) mass is 394 g/mol. The lowest BCUT2D eigenvalue weighted by Gasteiger charge is -2.09. The topological polar surface area (TPSA) is 66.9 Å². The molecule has 0 aliphatic heterocycles. The number of hydrogen-bond donors (Lipinski definition) is 2. The minimum atomic E-state index is -0.0971. The zero-order valence-electron chi connectivity index (χ0n) is 16.5. The summed E-state index contributed by atoms with van der Waals surface area (Å²) in [5, 5.41) is 6.18. The van der Waals surface area contributed by atoms with Gasteiger partial charge < -0.3 is 10.6 Å². The number of amides is 1. The van der Waals surface area contributed by atoms with Crippen molar-refractivity contribution in [3.63, 3.8) is 0 Å². The lowest BCUT2D eigenvalue weighted by atomic mass is 10.1. The standard InChI is InChI=1S/C25H22N4O/c30-25(26-15-14-19-8-3-1-4-9-19)21-12-7-13-22(16-21)29-24-18-27-23(17-28-24)20-10-5-2-6-11-20/h1-13,16-18H,14-15H2,(H,26,30)(H,28,29). The molecule has 5 heteroatoms. The van der Waals surface area contributed by atoms with Crippen molar-refractivity contribution in [3.05, 3.63) is 108 Å². The van der Waals surface area contributed by atoms with Gasteiger partial charge in [-0.2, -0.15) is 0 Å². The number of nitrogens with one attached hydrogen (secondary N) is 2. The van der Waals surface area contributed by atoms with E-state index < -0.39 is 0 Å². The number of anilines is 2. The van der Waals surface area contributed by atoms with Gasteiger partial charge in [0.1, 0.15) is 5.82 Å². The highest BCUT2D eigenvalue weighted by atomic mass is 16.1. The summed E-state index contributed by atoms with van der Waals surface area (Å²) in [6.45, 7) is 0.590. The first-order valence-corrected chi connectivity index (χ1v) is 9.84. The zero-order valence-corrected chi connectivity index (χ0v) is 16.5. The van der Waals surface area contributed by atoms with E-state index in [9.17, 15) is 4.79 Å². The van der Waals surface area contributed by atoms with E-state index in [1.165, 1.54) is 5.56 Å². The van der Waals surface area contributed by atoms with Crippen LogP contribution in [0.4, 0.5) is 11.5 Å². The lowest BCUT2D eigenvalue weighted by molar-refractivity contribution is 0.0954. The third kappa shape index (κ3) is 5.08. The SMILES string of the molecule is O=C(NCCc1ccccc1)c1cccc(Nc2cnc(-c3ccccc3)cn2)c1. The van der Waals surface area contributed by atoms with Crippen molar-refractivity contribution in [1.29, 1.82) is 0 Å². The summed E-state index contributed by atoms with van der Waals surface area (Å²) in [6.07, 6.45) is 4.22. The van der Waals surface area contributed by atoms with Gasteiger partial charge in [0, 0.05) is 23.4 Å². The Labute approximate surface area is 175 Å². The van der Waals surface area contributed by atoms with E-state index in [1.807, 2.05) is 66.7 Å². The Morgan fingerprint density at radius 1 is 0.800 bits per heavy atom. The van der Waals surface area contributed by atoms with Gasteiger partial charge in [-0.3, -0.25) is 9.78 Å². The fourth-order valence-corrected chi connectivity index (χ4v) is 3.10. The van der Waals surface area contributed by atoms with E-state index in [4.69, 9.17) is 0 Å². The Bertz CT molecular complexity index is 1100. The normalized spacial score (nSPS) is 10.4. The van der Waals surface area contributed by atoms with Crippen LogP contribution in [0.5, 0.6) is 0 Å². The highest BCUT2D eigenvalue weighted by Crippen LogP contribution is 2.19. The fourth-order valence-electron chi connectivity index (χ4n) is 3.10. The molecule has 0 spiro atoms.